The Morgan fingerprint density at radius 3 is 2.65 bits per heavy atom. The van der Waals surface area contributed by atoms with Crippen molar-refractivity contribution in [2.45, 2.75) is 19.9 Å². The van der Waals surface area contributed by atoms with Crippen LogP contribution in [0, 0.1) is 6.92 Å². The van der Waals surface area contributed by atoms with E-state index in [0.29, 0.717) is 35.6 Å². The van der Waals surface area contributed by atoms with E-state index in [4.69, 9.17) is 10.5 Å². The number of rotatable bonds is 3. The molecule has 136 valence electrons. The van der Waals surface area contributed by atoms with E-state index < -0.39 is 12.0 Å². The predicted molar refractivity (Wildman–Crippen MR) is 98.5 cm³/mol. The van der Waals surface area contributed by atoms with Gasteiger partial charge < -0.3 is 20.7 Å². The lowest BCUT2D eigenvalue weighted by atomic mass is 10.0. The fourth-order valence-corrected chi connectivity index (χ4v) is 4.30. The normalized spacial score (nSPS) is 13.1. The molecular formula is C18H19N3O4S. The molecule has 0 radical (unpaired) electrons. The van der Waals surface area contributed by atoms with Gasteiger partial charge in [0.1, 0.15) is 5.00 Å². The SMILES string of the molecule is COC(=O)N1CCc2c(sc(NC(=O)c3ccccc3C)c2C(N)=O)C1. The highest BCUT2D eigenvalue weighted by molar-refractivity contribution is 7.17. The number of ether oxygens (including phenoxy) is 1. The molecule has 0 aliphatic carbocycles. The van der Waals surface area contributed by atoms with E-state index in [1.165, 1.54) is 18.4 Å². The molecule has 0 saturated carbocycles. The first-order valence-corrected chi connectivity index (χ1v) is 8.88. The number of hydrogen-bond acceptors (Lipinski definition) is 5. The molecule has 3 rings (SSSR count). The van der Waals surface area contributed by atoms with Gasteiger partial charge >= 0.3 is 6.09 Å². The van der Waals surface area contributed by atoms with Crippen LogP contribution in [0.4, 0.5) is 9.80 Å². The van der Waals surface area contributed by atoms with Gasteiger partial charge in [0.15, 0.2) is 0 Å². The summed E-state index contributed by atoms with van der Waals surface area (Å²) in [5.41, 5.74) is 8.05. The van der Waals surface area contributed by atoms with Crippen LogP contribution in [0.5, 0.6) is 0 Å². The number of nitrogens with two attached hydrogens (primary N) is 1. The minimum atomic E-state index is -0.589. The summed E-state index contributed by atoms with van der Waals surface area (Å²) in [6, 6.07) is 7.20. The predicted octanol–water partition coefficient (Wildman–Crippen LogP) is 2.53. The zero-order valence-corrected chi connectivity index (χ0v) is 15.3. The average Bonchev–Trinajstić information content (AvgIpc) is 2.98. The van der Waals surface area contributed by atoms with Crippen LogP contribution in [-0.4, -0.2) is 36.5 Å². The minimum Gasteiger partial charge on any atom is -0.453 e. The van der Waals surface area contributed by atoms with Crippen molar-refractivity contribution in [3.63, 3.8) is 0 Å². The third-order valence-electron chi connectivity index (χ3n) is 4.35. The molecule has 26 heavy (non-hydrogen) atoms. The molecule has 1 aliphatic heterocycles. The maximum absolute atomic E-state index is 12.6. The number of methoxy groups -OCH3 is 1. The molecule has 3 amide bonds. The van der Waals surface area contributed by atoms with Gasteiger partial charge in [-0.05, 0) is 30.5 Å². The van der Waals surface area contributed by atoms with Gasteiger partial charge in [0, 0.05) is 17.0 Å². The number of anilines is 1. The molecule has 8 heteroatoms. The number of benzene rings is 1. The fraction of sp³-hybridized carbons (Fsp3) is 0.278. The van der Waals surface area contributed by atoms with Gasteiger partial charge in [-0.3, -0.25) is 9.59 Å². The second-order valence-corrected chi connectivity index (χ2v) is 7.09. The first-order valence-electron chi connectivity index (χ1n) is 8.06. The molecule has 0 unspecified atom stereocenters. The Morgan fingerprint density at radius 2 is 2.00 bits per heavy atom. The monoisotopic (exact) mass is 373 g/mol. The third-order valence-corrected chi connectivity index (χ3v) is 5.49. The van der Waals surface area contributed by atoms with Gasteiger partial charge in [-0.1, -0.05) is 18.2 Å². The number of carbonyl (C=O) groups is 3. The van der Waals surface area contributed by atoms with Crippen LogP contribution in [0.3, 0.4) is 0 Å². The molecule has 0 atom stereocenters. The first-order chi connectivity index (χ1) is 12.4. The lowest BCUT2D eigenvalue weighted by Crippen LogP contribution is -2.35. The molecule has 0 bridgehead atoms. The Hall–Kier alpha value is -2.87. The summed E-state index contributed by atoms with van der Waals surface area (Å²) >= 11 is 1.27. The lowest BCUT2D eigenvalue weighted by molar-refractivity contribution is 0.0999. The molecule has 1 aromatic carbocycles. The number of fused-ring (bicyclic) bond motifs is 1. The van der Waals surface area contributed by atoms with Gasteiger partial charge in [0.05, 0.1) is 19.2 Å². The van der Waals surface area contributed by atoms with Gasteiger partial charge in [-0.25, -0.2) is 4.79 Å². The van der Waals surface area contributed by atoms with Crippen LogP contribution in [0.1, 0.15) is 36.7 Å². The molecule has 1 aromatic heterocycles. The molecular weight excluding hydrogens is 354 g/mol. The molecule has 2 heterocycles. The number of thiophene rings is 1. The second-order valence-electron chi connectivity index (χ2n) is 5.98. The highest BCUT2D eigenvalue weighted by atomic mass is 32.1. The highest BCUT2D eigenvalue weighted by Crippen LogP contribution is 2.37. The van der Waals surface area contributed by atoms with Crippen LogP contribution in [0.2, 0.25) is 0 Å². The van der Waals surface area contributed by atoms with Crippen molar-refractivity contribution in [3.05, 3.63) is 51.4 Å². The van der Waals surface area contributed by atoms with Gasteiger partial charge in [-0.2, -0.15) is 0 Å². The highest BCUT2D eigenvalue weighted by Gasteiger charge is 2.30. The number of aryl methyl sites for hydroxylation is 1. The fourth-order valence-electron chi connectivity index (χ4n) is 3.04. The van der Waals surface area contributed by atoms with Gasteiger partial charge in [0.2, 0.25) is 0 Å². The number of hydrogen-bond donors (Lipinski definition) is 2. The van der Waals surface area contributed by atoms with Crippen LogP contribution < -0.4 is 11.1 Å². The van der Waals surface area contributed by atoms with Crippen molar-refractivity contribution in [2.75, 3.05) is 19.0 Å². The Morgan fingerprint density at radius 1 is 1.27 bits per heavy atom. The first kappa shape index (κ1) is 17.9. The molecule has 1 aliphatic rings. The smallest absolute Gasteiger partial charge is 0.409 e. The largest absolute Gasteiger partial charge is 0.453 e. The van der Waals surface area contributed by atoms with E-state index in [-0.39, 0.29) is 5.91 Å². The summed E-state index contributed by atoms with van der Waals surface area (Å²) in [4.78, 5) is 38.7. The van der Waals surface area contributed by atoms with Crippen molar-refractivity contribution < 1.29 is 19.1 Å². The van der Waals surface area contributed by atoms with Crippen molar-refractivity contribution >= 4 is 34.2 Å². The lowest BCUT2D eigenvalue weighted by Gasteiger charge is -2.25. The van der Waals surface area contributed by atoms with Crippen LogP contribution in [0.25, 0.3) is 0 Å². The van der Waals surface area contributed by atoms with Crippen LogP contribution >= 0.6 is 11.3 Å². The Labute approximate surface area is 154 Å². The summed E-state index contributed by atoms with van der Waals surface area (Å²) in [5, 5.41) is 3.23. The quantitative estimate of drug-likeness (QED) is 0.863. The minimum absolute atomic E-state index is 0.297. The van der Waals surface area contributed by atoms with Crippen LogP contribution in [0.15, 0.2) is 24.3 Å². The van der Waals surface area contributed by atoms with E-state index in [1.54, 1.807) is 17.0 Å². The van der Waals surface area contributed by atoms with Crippen LogP contribution in [-0.2, 0) is 17.7 Å². The zero-order valence-electron chi connectivity index (χ0n) is 14.5. The number of nitrogens with zero attached hydrogens (tertiary/aromatic N) is 1. The van der Waals surface area contributed by atoms with E-state index in [2.05, 4.69) is 5.32 Å². The topological polar surface area (TPSA) is 102 Å². The van der Waals surface area contributed by atoms with Gasteiger partial charge in [0.25, 0.3) is 11.8 Å². The second kappa shape index (κ2) is 7.17. The van der Waals surface area contributed by atoms with Crippen molar-refractivity contribution in [2.24, 2.45) is 5.73 Å². The van der Waals surface area contributed by atoms with E-state index >= 15 is 0 Å². The zero-order chi connectivity index (χ0) is 18.8. The number of amides is 3. The Kier molecular flexibility index (Phi) is 4.94. The van der Waals surface area contributed by atoms with E-state index in [0.717, 1.165) is 16.0 Å². The van der Waals surface area contributed by atoms with E-state index in [9.17, 15) is 14.4 Å². The summed E-state index contributed by atoms with van der Waals surface area (Å²) < 4.78 is 4.76. The summed E-state index contributed by atoms with van der Waals surface area (Å²) in [5.74, 6) is -0.886. The Balaban J connectivity index is 1.92. The number of primary amides is 1. The van der Waals surface area contributed by atoms with Crippen molar-refractivity contribution in [1.29, 1.82) is 0 Å². The molecule has 2 aromatic rings. The van der Waals surface area contributed by atoms with Crippen molar-refractivity contribution in [1.82, 2.24) is 4.90 Å². The summed E-state index contributed by atoms with van der Waals surface area (Å²) in [7, 11) is 1.33. The Bertz CT molecular complexity index is 891. The molecule has 0 spiro atoms. The maximum Gasteiger partial charge on any atom is 0.409 e. The summed E-state index contributed by atoms with van der Waals surface area (Å²) in [6.45, 7) is 2.60. The summed E-state index contributed by atoms with van der Waals surface area (Å²) in [6.07, 6.45) is 0.0644. The number of nitrogens with one attached hydrogen (secondary N) is 1. The molecule has 0 fully saturated rings. The van der Waals surface area contributed by atoms with Gasteiger partial charge in [-0.15, -0.1) is 11.3 Å². The third kappa shape index (κ3) is 3.28. The molecule has 0 saturated heterocycles. The molecule has 7 nitrogen and oxygen atoms in total. The standard InChI is InChI=1S/C18H19N3O4S/c1-10-5-3-4-6-11(10)16(23)20-17-14(15(19)22)12-7-8-21(18(24)25-2)9-13(12)26-17/h3-6H,7-9H2,1-2H3,(H2,19,22)(H,20,23). The number of carbonyl (C=O) groups excluding carboxylic acids is 3. The maximum atomic E-state index is 12.6. The molecule has 3 N–H and O–H groups in total. The van der Waals surface area contributed by atoms with Crippen molar-refractivity contribution in [3.8, 4) is 0 Å². The average molecular weight is 373 g/mol. The van der Waals surface area contributed by atoms with E-state index in [1.807, 2.05) is 19.1 Å².